The summed E-state index contributed by atoms with van der Waals surface area (Å²) in [5, 5.41) is 2.98. The predicted molar refractivity (Wildman–Crippen MR) is 93.9 cm³/mol. The van der Waals surface area contributed by atoms with Gasteiger partial charge in [-0.3, -0.25) is 9.69 Å². The number of rotatable bonds is 6. The lowest BCUT2D eigenvalue weighted by Crippen LogP contribution is -2.46. The molecule has 1 aliphatic heterocycles. The van der Waals surface area contributed by atoms with Gasteiger partial charge in [-0.05, 0) is 75.9 Å². The first-order chi connectivity index (χ1) is 11.0. The first kappa shape index (κ1) is 17.8. The van der Waals surface area contributed by atoms with Gasteiger partial charge in [-0.25, -0.2) is 0 Å². The predicted octanol–water partition coefficient (Wildman–Crippen LogP) is 2.92. The first-order valence-electron chi connectivity index (χ1n) is 8.66. The van der Waals surface area contributed by atoms with Crippen molar-refractivity contribution in [3.63, 3.8) is 0 Å². The Kier molecular flexibility index (Phi) is 6.46. The van der Waals surface area contributed by atoms with Crippen molar-refractivity contribution in [2.45, 2.75) is 46.6 Å². The Hall–Kier alpha value is -1.55. The zero-order valence-corrected chi connectivity index (χ0v) is 14.9. The van der Waals surface area contributed by atoms with Gasteiger partial charge in [-0.1, -0.05) is 13.0 Å². The number of carbonyl (C=O) groups excluding carboxylic acids is 1. The molecule has 4 nitrogen and oxygen atoms in total. The van der Waals surface area contributed by atoms with Crippen LogP contribution in [0, 0.1) is 19.8 Å². The maximum absolute atomic E-state index is 12.0. The molecule has 1 aromatic carbocycles. The van der Waals surface area contributed by atoms with Crippen molar-refractivity contribution in [2.75, 3.05) is 26.2 Å². The number of hydrogen-bond acceptors (Lipinski definition) is 3. The van der Waals surface area contributed by atoms with Crippen LogP contribution < -0.4 is 10.1 Å². The fraction of sp³-hybridized carbons (Fsp3) is 0.632. The van der Waals surface area contributed by atoms with Crippen LogP contribution >= 0.6 is 0 Å². The summed E-state index contributed by atoms with van der Waals surface area (Å²) in [5.41, 5.74) is 2.40. The van der Waals surface area contributed by atoms with E-state index in [4.69, 9.17) is 4.74 Å². The van der Waals surface area contributed by atoms with Crippen molar-refractivity contribution in [1.29, 1.82) is 0 Å². The zero-order chi connectivity index (χ0) is 16.8. The van der Waals surface area contributed by atoms with Gasteiger partial charge in [0.05, 0.1) is 0 Å². The largest absolute Gasteiger partial charge is 0.484 e. The Morgan fingerprint density at radius 1 is 1.30 bits per heavy atom. The molecule has 23 heavy (non-hydrogen) atoms. The number of ether oxygens (including phenoxy) is 1. The van der Waals surface area contributed by atoms with E-state index >= 15 is 0 Å². The molecule has 1 aromatic rings. The Bertz CT molecular complexity index is 522. The van der Waals surface area contributed by atoms with Crippen LogP contribution in [-0.2, 0) is 4.79 Å². The minimum atomic E-state index is -0.0551. The SMILES string of the molecule is Cc1ccc(OCC(=O)NCC(C)N2CCC(C)CC2)cc1C. The second kappa shape index (κ2) is 8.34. The van der Waals surface area contributed by atoms with Crippen LogP contribution in [0.5, 0.6) is 5.75 Å². The third-order valence-corrected chi connectivity index (χ3v) is 4.88. The maximum Gasteiger partial charge on any atom is 0.257 e. The van der Waals surface area contributed by atoms with Crippen LogP contribution in [0.3, 0.4) is 0 Å². The van der Waals surface area contributed by atoms with E-state index in [1.54, 1.807) is 0 Å². The summed E-state index contributed by atoms with van der Waals surface area (Å²) in [6.07, 6.45) is 2.52. The average Bonchev–Trinajstić information content (AvgIpc) is 2.54. The van der Waals surface area contributed by atoms with Crippen molar-refractivity contribution < 1.29 is 9.53 Å². The number of nitrogens with zero attached hydrogens (tertiary/aromatic N) is 1. The second-order valence-corrected chi connectivity index (χ2v) is 6.91. The number of hydrogen-bond donors (Lipinski definition) is 1. The lowest BCUT2D eigenvalue weighted by Gasteiger charge is -2.34. The lowest BCUT2D eigenvalue weighted by molar-refractivity contribution is -0.123. The molecule has 0 saturated carbocycles. The molecule has 1 amide bonds. The summed E-state index contributed by atoms with van der Waals surface area (Å²) in [4.78, 5) is 14.4. The van der Waals surface area contributed by atoms with Gasteiger partial charge in [0.15, 0.2) is 6.61 Å². The summed E-state index contributed by atoms with van der Waals surface area (Å²) >= 11 is 0. The van der Waals surface area contributed by atoms with Crippen molar-refractivity contribution in [1.82, 2.24) is 10.2 Å². The molecular formula is C19H30N2O2. The maximum atomic E-state index is 12.0. The van der Waals surface area contributed by atoms with E-state index in [2.05, 4.69) is 31.0 Å². The van der Waals surface area contributed by atoms with Crippen LogP contribution in [0.15, 0.2) is 18.2 Å². The van der Waals surface area contributed by atoms with Gasteiger partial charge in [0, 0.05) is 12.6 Å². The number of piperidine rings is 1. The highest BCUT2D eigenvalue weighted by Gasteiger charge is 2.20. The van der Waals surface area contributed by atoms with E-state index in [1.165, 1.54) is 24.0 Å². The molecule has 1 aliphatic rings. The van der Waals surface area contributed by atoms with Crippen LogP contribution in [0.4, 0.5) is 0 Å². The fourth-order valence-corrected chi connectivity index (χ4v) is 2.86. The second-order valence-electron chi connectivity index (χ2n) is 6.91. The molecule has 1 fully saturated rings. The molecule has 1 atom stereocenters. The fourth-order valence-electron chi connectivity index (χ4n) is 2.86. The van der Waals surface area contributed by atoms with Crippen molar-refractivity contribution in [2.24, 2.45) is 5.92 Å². The van der Waals surface area contributed by atoms with Gasteiger partial charge in [-0.15, -0.1) is 0 Å². The first-order valence-corrected chi connectivity index (χ1v) is 8.66. The van der Waals surface area contributed by atoms with Crippen molar-refractivity contribution in [3.05, 3.63) is 29.3 Å². The lowest BCUT2D eigenvalue weighted by atomic mass is 9.98. The molecule has 0 spiro atoms. The van der Waals surface area contributed by atoms with Crippen LogP contribution in [-0.4, -0.2) is 43.1 Å². The average molecular weight is 318 g/mol. The van der Waals surface area contributed by atoms with Crippen molar-refractivity contribution in [3.8, 4) is 5.75 Å². The minimum absolute atomic E-state index is 0.0551. The van der Waals surface area contributed by atoms with Gasteiger partial charge in [0.25, 0.3) is 5.91 Å². The van der Waals surface area contributed by atoms with Gasteiger partial charge < -0.3 is 10.1 Å². The summed E-state index contributed by atoms with van der Waals surface area (Å²) in [7, 11) is 0. The minimum Gasteiger partial charge on any atom is -0.484 e. The van der Waals surface area contributed by atoms with E-state index in [-0.39, 0.29) is 12.5 Å². The van der Waals surface area contributed by atoms with E-state index in [1.807, 2.05) is 25.1 Å². The zero-order valence-electron chi connectivity index (χ0n) is 14.9. The molecule has 128 valence electrons. The molecule has 0 aromatic heterocycles. The third-order valence-electron chi connectivity index (χ3n) is 4.88. The smallest absolute Gasteiger partial charge is 0.257 e. The molecule has 1 heterocycles. The van der Waals surface area contributed by atoms with E-state index < -0.39 is 0 Å². The number of amides is 1. The van der Waals surface area contributed by atoms with Crippen molar-refractivity contribution >= 4 is 5.91 Å². The third kappa shape index (κ3) is 5.54. The molecule has 1 unspecified atom stereocenters. The Labute approximate surface area is 140 Å². The molecule has 2 rings (SSSR count). The number of aryl methyl sites for hydroxylation is 2. The Balaban J connectivity index is 1.69. The normalized spacial score (nSPS) is 17.7. The molecule has 0 bridgehead atoms. The summed E-state index contributed by atoms with van der Waals surface area (Å²) in [5.74, 6) is 1.53. The number of nitrogens with one attached hydrogen (secondary N) is 1. The molecule has 0 aliphatic carbocycles. The number of carbonyl (C=O) groups is 1. The topological polar surface area (TPSA) is 41.6 Å². The number of benzene rings is 1. The molecular weight excluding hydrogens is 288 g/mol. The van der Waals surface area contributed by atoms with Gasteiger partial charge >= 0.3 is 0 Å². The van der Waals surface area contributed by atoms with Gasteiger partial charge in [0.1, 0.15) is 5.75 Å². The molecule has 1 saturated heterocycles. The number of likely N-dealkylation sites (tertiary alicyclic amines) is 1. The highest BCUT2D eigenvalue weighted by Crippen LogP contribution is 2.18. The van der Waals surface area contributed by atoms with E-state index in [0.717, 1.165) is 24.8 Å². The quantitative estimate of drug-likeness (QED) is 0.877. The summed E-state index contributed by atoms with van der Waals surface area (Å²) in [6.45, 7) is 11.6. The molecule has 4 heteroatoms. The summed E-state index contributed by atoms with van der Waals surface area (Å²) in [6, 6.07) is 6.28. The highest BCUT2D eigenvalue weighted by molar-refractivity contribution is 5.77. The van der Waals surface area contributed by atoms with Crippen LogP contribution in [0.2, 0.25) is 0 Å². The Morgan fingerprint density at radius 3 is 2.65 bits per heavy atom. The van der Waals surface area contributed by atoms with Gasteiger partial charge in [-0.2, -0.15) is 0 Å². The Morgan fingerprint density at radius 2 is 2.00 bits per heavy atom. The highest BCUT2D eigenvalue weighted by atomic mass is 16.5. The monoisotopic (exact) mass is 318 g/mol. The standard InChI is InChI=1S/C19H30N2O2/c1-14-7-9-21(10-8-14)17(4)12-20-19(22)13-23-18-6-5-15(2)16(3)11-18/h5-6,11,14,17H,7-10,12-13H2,1-4H3,(H,20,22). The van der Waals surface area contributed by atoms with Crippen LogP contribution in [0.1, 0.15) is 37.8 Å². The van der Waals surface area contributed by atoms with Crippen LogP contribution in [0.25, 0.3) is 0 Å². The molecule has 1 N–H and O–H groups in total. The van der Waals surface area contributed by atoms with Gasteiger partial charge in [0.2, 0.25) is 0 Å². The van der Waals surface area contributed by atoms with E-state index in [9.17, 15) is 4.79 Å². The van der Waals surface area contributed by atoms with E-state index in [0.29, 0.717) is 12.6 Å². The molecule has 0 radical (unpaired) electrons. The summed E-state index contributed by atoms with van der Waals surface area (Å²) < 4.78 is 5.57.